The second-order valence-corrected chi connectivity index (χ2v) is 8.13. The van der Waals surface area contributed by atoms with E-state index in [-0.39, 0.29) is 18.2 Å². The Bertz CT molecular complexity index is 754. The number of aryl methyl sites for hydroxylation is 1. The summed E-state index contributed by atoms with van der Waals surface area (Å²) in [5, 5.41) is 4.06. The lowest BCUT2D eigenvalue weighted by Crippen LogP contribution is -2.45. The number of para-hydroxylation sites is 2. The molecule has 2 atom stereocenters. The van der Waals surface area contributed by atoms with E-state index in [1.54, 1.807) is 23.3 Å². The number of carbonyl (C=O) groups excluding carboxylic acids is 1. The van der Waals surface area contributed by atoms with Crippen molar-refractivity contribution < 1.29 is 9.53 Å². The minimum absolute atomic E-state index is 0.127. The van der Waals surface area contributed by atoms with Crippen LogP contribution >= 0.6 is 11.3 Å². The minimum Gasteiger partial charge on any atom is -0.372 e. The Hall–Kier alpha value is -2.12. The zero-order valence-corrected chi connectivity index (χ0v) is 16.5. The van der Waals surface area contributed by atoms with Gasteiger partial charge in [-0.15, -0.1) is 11.3 Å². The van der Waals surface area contributed by atoms with Crippen molar-refractivity contribution in [3.05, 3.63) is 40.3 Å². The molecule has 2 unspecified atom stereocenters. The summed E-state index contributed by atoms with van der Waals surface area (Å²) in [6.07, 6.45) is 2.16. The van der Waals surface area contributed by atoms with Gasteiger partial charge in [0.2, 0.25) is 0 Å². The van der Waals surface area contributed by atoms with Gasteiger partial charge in [-0.1, -0.05) is 12.1 Å². The summed E-state index contributed by atoms with van der Waals surface area (Å²) in [4.78, 5) is 21.9. The molecule has 2 heterocycles. The van der Waals surface area contributed by atoms with Gasteiger partial charge in [0.05, 0.1) is 35.1 Å². The predicted octanol–water partition coefficient (Wildman–Crippen LogP) is 3.73. The average molecular weight is 375 g/mol. The molecular formula is C19H26N4O2S. The highest BCUT2D eigenvalue weighted by molar-refractivity contribution is 7.11. The van der Waals surface area contributed by atoms with E-state index in [0.717, 1.165) is 34.3 Å². The van der Waals surface area contributed by atoms with E-state index in [4.69, 9.17) is 4.74 Å². The van der Waals surface area contributed by atoms with Gasteiger partial charge < -0.3 is 19.9 Å². The molecule has 140 valence electrons. The molecule has 7 heteroatoms. The summed E-state index contributed by atoms with van der Waals surface area (Å²) in [6, 6.07) is 7.81. The van der Waals surface area contributed by atoms with E-state index < -0.39 is 0 Å². The number of aromatic nitrogens is 1. The molecule has 6 nitrogen and oxygen atoms in total. The van der Waals surface area contributed by atoms with E-state index in [9.17, 15) is 4.79 Å². The van der Waals surface area contributed by atoms with E-state index in [2.05, 4.69) is 29.0 Å². The molecule has 0 aliphatic carbocycles. The van der Waals surface area contributed by atoms with Crippen molar-refractivity contribution in [3.63, 3.8) is 0 Å². The summed E-state index contributed by atoms with van der Waals surface area (Å²) < 4.78 is 5.82. The molecule has 0 spiro atoms. The monoisotopic (exact) mass is 374 g/mol. The van der Waals surface area contributed by atoms with Crippen molar-refractivity contribution in [2.24, 2.45) is 0 Å². The summed E-state index contributed by atoms with van der Waals surface area (Å²) in [5.41, 5.74) is 1.86. The Labute approximate surface area is 158 Å². The molecule has 1 aliphatic heterocycles. The molecule has 0 bridgehead atoms. The van der Waals surface area contributed by atoms with Crippen LogP contribution in [-0.2, 0) is 11.3 Å². The van der Waals surface area contributed by atoms with Gasteiger partial charge in [-0.05, 0) is 32.9 Å². The minimum atomic E-state index is -0.127. The smallest absolute Gasteiger partial charge is 0.321 e. The number of benzene rings is 1. The fourth-order valence-corrected chi connectivity index (χ4v) is 4.07. The summed E-state index contributed by atoms with van der Waals surface area (Å²) in [6.45, 7) is 8.30. The zero-order chi connectivity index (χ0) is 18.7. The van der Waals surface area contributed by atoms with Crippen LogP contribution in [0.3, 0.4) is 0 Å². The maximum atomic E-state index is 12.6. The van der Waals surface area contributed by atoms with Crippen molar-refractivity contribution in [2.75, 3.05) is 30.4 Å². The average Bonchev–Trinajstić information content (AvgIpc) is 2.99. The van der Waals surface area contributed by atoms with E-state index in [1.165, 1.54) is 0 Å². The number of anilines is 2. The lowest BCUT2D eigenvalue weighted by Gasteiger charge is -2.37. The Morgan fingerprint density at radius 1 is 1.35 bits per heavy atom. The van der Waals surface area contributed by atoms with Crippen LogP contribution in [-0.4, -0.2) is 48.3 Å². The van der Waals surface area contributed by atoms with Crippen molar-refractivity contribution in [2.45, 2.75) is 39.5 Å². The highest BCUT2D eigenvalue weighted by Gasteiger charge is 2.24. The summed E-state index contributed by atoms with van der Waals surface area (Å²) in [7, 11) is 1.80. The first-order valence-corrected chi connectivity index (χ1v) is 9.67. The third kappa shape index (κ3) is 4.53. The Morgan fingerprint density at radius 3 is 2.69 bits per heavy atom. The number of ether oxygens (including phenoxy) is 1. The fraction of sp³-hybridized carbons (Fsp3) is 0.474. The number of urea groups is 1. The number of amides is 2. The van der Waals surface area contributed by atoms with E-state index in [0.29, 0.717) is 6.54 Å². The van der Waals surface area contributed by atoms with Gasteiger partial charge in [0, 0.05) is 31.2 Å². The Morgan fingerprint density at radius 2 is 2.04 bits per heavy atom. The second-order valence-electron chi connectivity index (χ2n) is 6.81. The summed E-state index contributed by atoms with van der Waals surface area (Å²) >= 11 is 1.61. The Balaban J connectivity index is 1.70. The molecule has 1 aliphatic rings. The number of thiazole rings is 1. The lowest BCUT2D eigenvalue weighted by atomic mass is 10.1. The number of rotatable bonds is 4. The largest absolute Gasteiger partial charge is 0.372 e. The van der Waals surface area contributed by atoms with Crippen LogP contribution in [0, 0.1) is 6.92 Å². The Kier molecular flexibility index (Phi) is 5.78. The molecule has 3 rings (SSSR count). The fourth-order valence-electron chi connectivity index (χ4n) is 3.22. The maximum Gasteiger partial charge on any atom is 0.321 e. The normalized spacial score (nSPS) is 20.1. The van der Waals surface area contributed by atoms with Crippen LogP contribution in [0.4, 0.5) is 16.2 Å². The molecule has 1 saturated heterocycles. The SMILES string of the molecule is Cc1ncc(CN(C)C(=O)Nc2ccccc2N2CC(C)OC(C)C2)s1. The first-order valence-electron chi connectivity index (χ1n) is 8.85. The quantitative estimate of drug-likeness (QED) is 0.886. The van der Waals surface area contributed by atoms with Crippen LogP contribution in [0.1, 0.15) is 23.7 Å². The third-order valence-electron chi connectivity index (χ3n) is 4.31. The number of carbonyl (C=O) groups is 1. The van der Waals surface area contributed by atoms with Crippen LogP contribution in [0.15, 0.2) is 30.5 Å². The van der Waals surface area contributed by atoms with Gasteiger partial charge in [0.1, 0.15) is 0 Å². The van der Waals surface area contributed by atoms with Crippen molar-refractivity contribution in [3.8, 4) is 0 Å². The highest BCUT2D eigenvalue weighted by Crippen LogP contribution is 2.28. The van der Waals surface area contributed by atoms with Crippen molar-refractivity contribution in [1.82, 2.24) is 9.88 Å². The van der Waals surface area contributed by atoms with Gasteiger partial charge in [0.25, 0.3) is 0 Å². The van der Waals surface area contributed by atoms with Gasteiger partial charge >= 0.3 is 6.03 Å². The third-order valence-corrected chi connectivity index (χ3v) is 5.21. The molecule has 0 radical (unpaired) electrons. The predicted molar refractivity (Wildman–Crippen MR) is 106 cm³/mol. The summed E-state index contributed by atoms with van der Waals surface area (Å²) in [5.74, 6) is 0. The highest BCUT2D eigenvalue weighted by atomic mass is 32.1. The molecule has 1 N–H and O–H groups in total. The van der Waals surface area contributed by atoms with E-state index in [1.807, 2.05) is 37.4 Å². The standard InChI is InChI=1S/C19H26N4O2S/c1-13-10-23(11-14(2)25-13)18-8-6-5-7-17(18)21-19(24)22(4)12-16-9-20-15(3)26-16/h5-9,13-14H,10-12H2,1-4H3,(H,21,24). The van der Waals surface area contributed by atoms with Crippen LogP contribution < -0.4 is 10.2 Å². The second kappa shape index (κ2) is 8.05. The number of nitrogens with one attached hydrogen (secondary N) is 1. The number of hydrogen-bond acceptors (Lipinski definition) is 5. The van der Waals surface area contributed by atoms with E-state index >= 15 is 0 Å². The molecule has 2 amide bonds. The number of nitrogens with zero attached hydrogens (tertiary/aromatic N) is 3. The lowest BCUT2D eigenvalue weighted by molar-refractivity contribution is -0.00517. The van der Waals surface area contributed by atoms with Gasteiger partial charge in [-0.3, -0.25) is 0 Å². The molecule has 1 aromatic carbocycles. The molecule has 1 aromatic heterocycles. The first kappa shape index (κ1) is 18.7. The van der Waals surface area contributed by atoms with Crippen LogP contribution in [0.2, 0.25) is 0 Å². The number of hydrogen-bond donors (Lipinski definition) is 1. The molecule has 0 saturated carbocycles. The van der Waals surface area contributed by atoms with Gasteiger partial charge in [0.15, 0.2) is 0 Å². The maximum absolute atomic E-state index is 12.6. The molecular weight excluding hydrogens is 348 g/mol. The number of morpholine rings is 1. The molecule has 26 heavy (non-hydrogen) atoms. The van der Waals surface area contributed by atoms with Crippen molar-refractivity contribution in [1.29, 1.82) is 0 Å². The van der Waals surface area contributed by atoms with Crippen LogP contribution in [0.5, 0.6) is 0 Å². The van der Waals surface area contributed by atoms with Crippen LogP contribution in [0.25, 0.3) is 0 Å². The zero-order valence-electron chi connectivity index (χ0n) is 15.7. The van der Waals surface area contributed by atoms with Crippen molar-refractivity contribution >= 4 is 28.7 Å². The molecule has 1 fully saturated rings. The topological polar surface area (TPSA) is 57.7 Å². The molecule has 2 aromatic rings. The van der Waals surface area contributed by atoms with Gasteiger partial charge in [-0.25, -0.2) is 9.78 Å². The first-order chi connectivity index (χ1) is 12.4. The van der Waals surface area contributed by atoms with Gasteiger partial charge in [-0.2, -0.15) is 0 Å².